The van der Waals surface area contributed by atoms with E-state index >= 15 is 0 Å². The quantitative estimate of drug-likeness (QED) is 0.451. The second-order valence-corrected chi connectivity index (χ2v) is 9.71. The Morgan fingerprint density at radius 2 is 2.06 bits per heavy atom. The molecular weight excluding hydrogens is 444 g/mol. The van der Waals surface area contributed by atoms with E-state index in [0.717, 1.165) is 47.8 Å². The number of rotatable bonds is 6. The maximum Gasteiger partial charge on any atom is 0.261 e. The third-order valence-electron chi connectivity index (χ3n) is 5.73. The molecule has 0 spiro atoms. The molecule has 166 valence electrons. The van der Waals surface area contributed by atoms with Gasteiger partial charge in [0.25, 0.3) is 5.91 Å². The fourth-order valence-corrected chi connectivity index (χ4v) is 6.13. The Hall–Kier alpha value is -2.59. The van der Waals surface area contributed by atoms with Crippen LogP contribution in [0.2, 0.25) is 0 Å². The van der Waals surface area contributed by atoms with Gasteiger partial charge in [0.15, 0.2) is 11.6 Å². The zero-order valence-electron chi connectivity index (χ0n) is 18.0. The van der Waals surface area contributed by atoms with Gasteiger partial charge in [-0.25, -0.2) is 9.97 Å². The molecule has 0 bridgehead atoms. The topological polar surface area (TPSA) is 80.5 Å². The van der Waals surface area contributed by atoms with Crippen molar-refractivity contribution in [1.82, 2.24) is 20.2 Å². The first-order valence-electron chi connectivity index (χ1n) is 10.6. The number of fused-ring (bicyclic) bond motifs is 1. The lowest BCUT2D eigenvalue weighted by Gasteiger charge is -2.34. The zero-order chi connectivity index (χ0) is 22.1. The van der Waals surface area contributed by atoms with Crippen LogP contribution in [0.3, 0.4) is 0 Å². The van der Waals surface area contributed by atoms with Crippen molar-refractivity contribution in [2.75, 3.05) is 32.8 Å². The number of morpholine rings is 1. The molecule has 1 atom stereocenters. The number of aromatic nitrogens is 2. The van der Waals surface area contributed by atoms with Gasteiger partial charge in [-0.2, -0.15) is 0 Å². The number of furan rings is 1. The van der Waals surface area contributed by atoms with Crippen LogP contribution in [0.5, 0.6) is 0 Å². The fraction of sp³-hybridized carbons (Fsp3) is 0.348. The van der Waals surface area contributed by atoms with Gasteiger partial charge in [-0.05, 0) is 43.0 Å². The molecule has 1 amide bonds. The maximum absolute atomic E-state index is 13.2. The minimum absolute atomic E-state index is 0.0701. The predicted molar refractivity (Wildman–Crippen MR) is 126 cm³/mol. The summed E-state index contributed by atoms with van der Waals surface area (Å²) in [5, 5.41) is 6.20. The smallest absolute Gasteiger partial charge is 0.261 e. The number of aryl methyl sites for hydroxylation is 2. The van der Waals surface area contributed by atoms with Gasteiger partial charge < -0.3 is 14.5 Å². The van der Waals surface area contributed by atoms with E-state index in [0.29, 0.717) is 23.0 Å². The van der Waals surface area contributed by atoms with Crippen molar-refractivity contribution in [1.29, 1.82) is 0 Å². The number of carbonyl (C=O) groups is 1. The molecule has 1 aliphatic rings. The molecule has 0 aromatic carbocycles. The summed E-state index contributed by atoms with van der Waals surface area (Å²) in [5.74, 6) is 1.09. The van der Waals surface area contributed by atoms with Gasteiger partial charge in [-0.1, -0.05) is 6.07 Å². The first-order chi connectivity index (χ1) is 15.6. The number of amides is 1. The molecule has 0 unspecified atom stereocenters. The van der Waals surface area contributed by atoms with Gasteiger partial charge in [0.1, 0.15) is 4.83 Å². The van der Waals surface area contributed by atoms with E-state index in [1.165, 1.54) is 16.2 Å². The van der Waals surface area contributed by atoms with Gasteiger partial charge in [0, 0.05) is 29.9 Å². The van der Waals surface area contributed by atoms with E-state index < -0.39 is 0 Å². The summed E-state index contributed by atoms with van der Waals surface area (Å²) < 4.78 is 11.0. The number of nitrogens with zero attached hydrogens (tertiary/aromatic N) is 3. The molecular formula is C23H24N4O3S2. The van der Waals surface area contributed by atoms with Crippen molar-refractivity contribution in [3.8, 4) is 11.6 Å². The summed E-state index contributed by atoms with van der Waals surface area (Å²) in [6, 6.07) is 7.99. The maximum atomic E-state index is 13.2. The molecule has 0 radical (unpaired) electrons. The number of hydrogen-bond acceptors (Lipinski definition) is 8. The number of hydrogen-bond donors (Lipinski definition) is 1. The molecule has 0 aliphatic carbocycles. The average Bonchev–Trinajstić information content (AvgIpc) is 3.56. The predicted octanol–water partition coefficient (Wildman–Crippen LogP) is 4.43. The van der Waals surface area contributed by atoms with Crippen molar-refractivity contribution >= 4 is 38.8 Å². The second-order valence-electron chi connectivity index (χ2n) is 7.74. The largest absolute Gasteiger partial charge is 0.461 e. The van der Waals surface area contributed by atoms with Crippen LogP contribution < -0.4 is 5.32 Å². The van der Waals surface area contributed by atoms with E-state index in [1.807, 2.05) is 26.0 Å². The molecule has 4 aromatic rings. The van der Waals surface area contributed by atoms with Gasteiger partial charge in [-0.3, -0.25) is 9.69 Å². The highest BCUT2D eigenvalue weighted by atomic mass is 32.1. The fourth-order valence-electron chi connectivity index (χ4n) is 4.12. The molecule has 1 saturated heterocycles. The van der Waals surface area contributed by atoms with Crippen LogP contribution in [0.25, 0.3) is 21.8 Å². The normalized spacial score (nSPS) is 15.8. The number of nitrogens with one attached hydrogen (secondary N) is 1. The minimum atomic E-state index is -0.0701. The number of thiophene rings is 2. The van der Waals surface area contributed by atoms with Crippen molar-refractivity contribution in [2.45, 2.75) is 19.9 Å². The Balaban J connectivity index is 1.39. The van der Waals surface area contributed by atoms with E-state index in [1.54, 1.807) is 17.6 Å². The summed E-state index contributed by atoms with van der Waals surface area (Å²) >= 11 is 3.13. The molecule has 7 nitrogen and oxygen atoms in total. The third kappa shape index (κ3) is 4.09. The Morgan fingerprint density at radius 3 is 2.78 bits per heavy atom. The standard InChI is InChI=1S/C23H24N4O3S2/c1-14-19-15(2)25-21(17-5-3-9-30-17)26-23(19)32-20(14)22(28)24-13-16(18-6-4-12-31-18)27-7-10-29-11-8-27/h3-6,9,12,16H,7-8,10-11,13H2,1-2H3,(H,24,28)/t16-/m0/s1. The Labute approximate surface area is 194 Å². The lowest BCUT2D eigenvalue weighted by Crippen LogP contribution is -2.43. The molecule has 0 saturated carbocycles. The highest BCUT2D eigenvalue weighted by molar-refractivity contribution is 7.20. The van der Waals surface area contributed by atoms with Gasteiger partial charge in [0.05, 0.1) is 36.1 Å². The van der Waals surface area contributed by atoms with Crippen molar-refractivity contribution in [2.24, 2.45) is 0 Å². The molecule has 1 N–H and O–H groups in total. The van der Waals surface area contributed by atoms with Gasteiger partial charge >= 0.3 is 0 Å². The molecule has 32 heavy (non-hydrogen) atoms. The van der Waals surface area contributed by atoms with E-state index in [4.69, 9.17) is 9.15 Å². The van der Waals surface area contributed by atoms with E-state index in [2.05, 4.69) is 37.7 Å². The van der Waals surface area contributed by atoms with Crippen molar-refractivity contribution in [3.05, 3.63) is 56.9 Å². The molecule has 5 heterocycles. The van der Waals surface area contributed by atoms with E-state index in [-0.39, 0.29) is 11.9 Å². The zero-order valence-corrected chi connectivity index (χ0v) is 19.6. The average molecular weight is 469 g/mol. The summed E-state index contributed by atoms with van der Waals surface area (Å²) in [6.07, 6.45) is 1.61. The summed E-state index contributed by atoms with van der Waals surface area (Å²) in [6.45, 7) is 7.64. The Morgan fingerprint density at radius 1 is 1.22 bits per heavy atom. The van der Waals surface area contributed by atoms with Crippen LogP contribution in [0.4, 0.5) is 0 Å². The summed E-state index contributed by atoms with van der Waals surface area (Å²) in [7, 11) is 0. The first kappa shape index (κ1) is 21.3. The van der Waals surface area contributed by atoms with Crippen LogP contribution in [-0.4, -0.2) is 53.6 Å². The molecule has 9 heteroatoms. The highest BCUT2D eigenvalue weighted by Gasteiger charge is 2.26. The SMILES string of the molecule is Cc1nc(-c2ccco2)nc2sc(C(=O)NC[C@@H](c3cccs3)N3CCOCC3)c(C)c12. The van der Waals surface area contributed by atoms with Crippen molar-refractivity contribution in [3.63, 3.8) is 0 Å². The highest BCUT2D eigenvalue weighted by Crippen LogP contribution is 2.33. The van der Waals surface area contributed by atoms with E-state index in [9.17, 15) is 4.79 Å². The number of ether oxygens (including phenoxy) is 1. The Kier molecular flexibility index (Phi) is 6.05. The third-order valence-corrected chi connectivity index (χ3v) is 7.89. The minimum Gasteiger partial charge on any atom is -0.461 e. The first-order valence-corrected chi connectivity index (χ1v) is 12.3. The van der Waals surface area contributed by atoms with Gasteiger partial charge in [0.2, 0.25) is 0 Å². The lowest BCUT2D eigenvalue weighted by atomic mass is 10.1. The van der Waals surface area contributed by atoms with Crippen LogP contribution >= 0.6 is 22.7 Å². The van der Waals surface area contributed by atoms with Crippen molar-refractivity contribution < 1.29 is 13.9 Å². The number of carbonyl (C=O) groups excluding carboxylic acids is 1. The van der Waals surface area contributed by atoms with Crippen LogP contribution in [0.15, 0.2) is 40.3 Å². The Bertz CT molecular complexity index is 1210. The van der Waals surface area contributed by atoms with Gasteiger partial charge in [-0.15, -0.1) is 22.7 Å². The summed E-state index contributed by atoms with van der Waals surface area (Å²) in [5.41, 5.74) is 1.77. The monoisotopic (exact) mass is 468 g/mol. The molecule has 1 aliphatic heterocycles. The molecule has 4 aromatic heterocycles. The van der Waals surface area contributed by atoms with Crippen LogP contribution in [-0.2, 0) is 4.74 Å². The molecule has 5 rings (SSSR count). The second kappa shape index (κ2) is 9.11. The summed E-state index contributed by atoms with van der Waals surface area (Å²) in [4.78, 5) is 27.6. The molecule has 1 fully saturated rings. The lowest BCUT2D eigenvalue weighted by molar-refractivity contribution is 0.0169. The van der Waals surface area contributed by atoms with Crippen LogP contribution in [0.1, 0.15) is 31.8 Å². The van der Waals surface area contributed by atoms with Crippen LogP contribution in [0, 0.1) is 13.8 Å².